The van der Waals surface area contributed by atoms with Crippen LogP contribution in [0.15, 0.2) is 171 Å². The van der Waals surface area contributed by atoms with Crippen molar-refractivity contribution in [3.05, 3.63) is 171 Å². The van der Waals surface area contributed by atoms with Gasteiger partial charge in [-0.3, -0.25) is 0 Å². The van der Waals surface area contributed by atoms with Crippen LogP contribution in [0.5, 0.6) is 0 Å². The molecular formula is C118H191F3O29. The number of unbranched alkanes of at least 4 members (excludes halogenated alkanes) is 9. The molecule has 0 spiro atoms. The number of alkyl halides is 3. The molecule has 8 aliphatic carbocycles. The van der Waals surface area contributed by atoms with Gasteiger partial charge >= 0.3 is 89.7 Å². The molecule has 1 atom stereocenters. The van der Waals surface area contributed by atoms with E-state index in [0.717, 1.165) is 106 Å². The lowest BCUT2D eigenvalue weighted by Crippen LogP contribution is -2.59. The van der Waals surface area contributed by atoms with E-state index in [0.29, 0.717) is 132 Å². The van der Waals surface area contributed by atoms with Crippen LogP contribution in [0.3, 0.4) is 0 Å². The van der Waals surface area contributed by atoms with Gasteiger partial charge < -0.3 is 71.1 Å². The van der Waals surface area contributed by atoms with Crippen molar-refractivity contribution in [2.24, 2.45) is 58.7 Å². The number of esters is 14. The Labute approximate surface area is 897 Å². The number of methoxy groups -OCH3 is 4. The minimum Gasteiger partial charge on any atom is -0.466 e. The van der Waals surface area contributed by atoms with Crippen molar-refractivity contribution in [3.63, 3.8) is 0 Å². The number of carbonyl (C=O) groups is 14. The molecule has 9 fully saturated rings. The smallest absolute Gasteiger partial charge is 0.422 e. The second kappa shape index (κ2) is 83.3. The van der Waals surface area contributed by atoms with Gasteiger partial charge in [0.25, 0.3) is 0 Å². The highest BCUT2D eigenvalue weighted by atomic mass is 19.4. The molecule has 9 aliphatic rings. The van der Waals surface area contributed by atoms with E-state index >= 15 is 0 Å². The van der Waals surface area contributed by atoms with Crippen LogP contribution in [0, 0.1) is 58.7 Å². The Balaban J connectivity index is -0.000000297. The third-order valence-electron chi connectivity index (χ3n) is 22.6. The number of carbonyl (C=O) groups excluding carboxylic acids is 14. The second-order valence-corrected chi connectivity index (χ2v) is 40.6. The summed E-state index contributed by atoms with van der Waals surface area (Å²) in [6, 6.07) is 0. The van der Waals surface area contributed by atoms with Crippen LogP contribution in [0.4, 0.5) is 13.2 Å². The fourth-order valence-corrected chi connectivity index (χ4v) is 15.3. The summed E-state index contributed by atoms with van der Waals surface area (Å²) in [4.78, 5) is 150. The summed E-state index contributed by atoms with van der Waals surface area (Å²) in [6.45, 7) is 97.7. The first-order chi connectivity index (χ1) is 69.4. The Morgan fingerprint density at radius 1 is 0.333 bits per heavy atom. The maximum Gasteiger partial charge on any atom is 0.422 e. The molecule has 0 N–H and O–H groups in total. The molecular weight excluding hydrogens is 1940 g/mol. The topological polar surface area (TPSA) is 381 Å². The molecule has 1 saturated heterocycles. The van der Waals surface area contributed by atoms with Gasteiger partial charge in [0.05, 0.1) is 74.7 Å². The lowest BCUT2D eigenvalue weighted by atomic mass is 9.49. The number of halogens is 3. The minimum atomic E-state index is -4.69. The zero-order valence-corrected chi connectivity index (χ0v) is 96.9. The van der Waals surface area contributed by atoms with Gasteiger partial charge in [0, 0.05) is 79.4 Å². The fourth-order valence-electron chi connectivity index (χ4n) is 15.3. The Morgan fingerprint density at radius 2 is 0.627 bits per heavy atom. The quantitative estimate of drug-likeness (QED) is 0.0181. The zero-order chi connectivity index (χ0) is 118. The summed E-state index contributed by atoms with van der Waals surface area (Å²) in [5, 5.41) is 0. The van der Waals surface area contributed by atoms with Crippen molar-refractivity contribution in [3.8, 4) is 0 Å². The van der Waals surface area contributed by atoms with Crippen molar-refractivity contribution >= 4 is 83.6 Å². The fraction of sp³-hybridized carbons (Fsp3) is 0.644. The van der Waals surface area contributed by atoms with Crippen molar-refractivity contribution in [2.75, 3.05) is 81.3 Å². The van der Waals surface area contributed by atoms with Crippen LogP contribution in [-0.2, 0) is 138 Å². The van der Waals surface area contributed by atoms with E-state index in [-0.39, 0.29) is 94.4 Å². The summed E-state index contributed by atoms with van der Waals surface area (Å²) in [5.74, 6) is 1.73. The lowest BCUT2D eigenvalue weighted by Gasteiger charge is -2.60. The van der Waals surface area contributed by atoms with Crippen LogP contribution in [-0.4, -0.2) is 194 Å². The van der Waals surface area contributed by atoms with Crippen molar-refractivity contribution < 1.29 is 151 Å². The van der Waals surface area contributed by atoms with E-state index in [2.05, 4.69) is 162 Å². The minimum absolute atomic E-state index is 0.0328. The predicted octanol–water partition coefficient (Wildman–Crippen LogP) is 25.6. The van der Waals surface area contributed by atoms with Gasteiger partial charge in [-0.1, -0.05) is 205 Å². The predicted molar refractivity (Wildman–Crippen MR) is 584 cm³/mol. The number of rotatable bonds is 39. The highest BCUT2D eigenvalue weighted by Crippen LogP contribution is 2.62. The normalized spacial score (nSPS) is 18.3. The van der Waals surface area contributed by atoms with E-state index in [1.807, 2.05) is 48.5 Å². The Bertz CT molecular complexity index is 4230. The molecule has 32 heteroatoms. The summed E-state index contributed by atoms with van der Waals surface area (Å²) in [5.41, 5.74) is 2.75. The molecule has 1 heterocycles. The second-order valence-electron chi connectivity index (χ2n) is 40.6. The van der Waals surface area contributed by atoms with Crippen LogP contribution >= 0.6 is 0 Å². The average molecular weight is 2130 g/mol. The van der Waals surface area contributed by atoms with Crippen molar-refractivity contribution in [1.82, 2.24) is 0 Å². The molecule has 1 aliphatic heterocycles. The average Bonchev–Trinajstić information content (AvgIpc) is 1.16. The molecule has 858 valence electrons. The molecule has 0 aromatic rings. The third-order valence-corrected chi connectivity index (χ3v) is 22.6. The summed E-state index contributed by atoms with van der Waals surface area (Å²) >= 11 is 0. The molecule has 150 heavy (non-hydrogen) atoms. The zero-order valence-electron chi connectivity index (χ0n) is 96.9. The third kappa shape index (κ3) is 77.1. The summed E-state index contributed by atoms with van der Waals surface area (Å²) in [6.07, 6.45) is 26.5. The highest BCUT2D eigenvalue weighted by molar-refractivity contribution is 5.92. The lowest BCUT2D eigenvalue weighted by molar-refractivity contribution is -0.207. The first-order valence-corrected chi connectivity index (χ1v) is 51.4. The van der Waals surface area contributed by atoms with Crippen molar-refractivity contribution in [2.45, 2.75) is 356 Å². The van der Waals surface area contributed by atoms with E-state index in [1.54, 1.807) is 83.1 Å². The van der Waals surface area contributed by atoms with Gasteiger partial charge in [0.2, 0.25) is 0 Å². The Morgan fingerprint density at radius 3 is 0.873 bits per heavy atom. The molecule has 29 nitrogen and oxygen atoms in total. The molecule has 0 aromatic heterocycles. The highest BCUT2D eigenvalue weighted by Gasteiger charge is 2.59. The van der Waals surface area contributed by atoms with Crippen LogP contribution in [0.25, 0.3) is 0 Å². The van der Waals surface area contributed by atoms with Gasteiger partial charge in [-0.15, -0.1) is 0 Å². The van der Waals surface area contributed by atoms with Gasteiger partial charge in [-0.2, -0.15) is 13.2 Å². The Hall–Kier alpha value is -11.3. The molecule has 0 aromatic carbocycles. The first kappa shape index (κ1) is 152. The first-order valence-electron chi connectivity index (χ1n) is 51.4. The molecule has 0 radical (unpaired) electrons. The van der Waals surface area contributed by atoms with E-state index in [1.165, 1.54) is 124 Å². The van der Waals surface area contributed by atoms with Gasteiger partial charge in [0.15, 0.2) is 0 Å². The maximum absolute atomic E-state index is 12.0. The monoisotopic (exact) mass is 2130 g/mol. The van der Waals surface area contributed by atoms with Crippen LogP contribution in [0.1, 0.15) is 327 Å². The summed E-state index contributed by atoms with van der Waals surface area (Å²) in [7, 11) is 4.83. The maximum atomic E-state index is 12.0. The van der Waals surface area contributed by atoms with Crippen LogP contribution in [0.2, 0.25) is 0 Å². The SMILES string of the molecule is C=C(C(=O)OC)C(F)(F)F.C=C(C)C(=O)OC.C=C(C)C(=O)OC.C=C(C)C(=O)OC(C)(C)C.C=C(C)C(=O)OC(C)(C)C1C2CC3CC(C2)CC1C3.C=C(C)C(=O)OC1(CC)C2CC3CC(C2)CC1C3.C=C(C)C(=O)OCC.C=C(C)C(=O)OCC(C)(C)C.C=C(C)C(=O)OCC1CO1.C=C(C)C(=O)OCCCC.C=C(C)C(=O)OCCCCCC.C=C(C)C(=O)OCCCCCCC.C=CC(=O)OC.C=CC(=O)OCCCC. The molecule has 8 saturated carbocycles. The summed E-state index contributed by atoms with van der Waals surface area (Å²) < 4.78 is 106. The van der Waals surface area contributed by atoms with E-state index < -0.39 is 29.3 Å². The number of ether oxygens (including phenoxy) is 15. The van der Waals surface area contributed by atoms with E-state index in [4.69, 9.17) is 42.6 Å². The number of epoxide rings is 1. The standard InChI is InChI=1S/C17H26O2.C16H24O2.C11H20O2.C10H18O2.C9H16O2.2C8H14O2.C7H10O3.C7H12O2.C6H10O2.C5H5F3O2.2C5H8O2.C4H6O2/c1-10(2)16(18)19-17(3,4)15-13-6-11-5-12(8-13)9-14(15)7-11;1-4-16(18-15(17)10(2)3)13-6-11-5-12(8-13)9-14(16)7-11;1-4-5-6-7-8-9-13-11(12)10(2)3;1-4-5-6-7-8-12-10(11)9(2)3;1-7(2)8(10)11-6-9(3,4)5;1-6(2)7(9)10-8(3,4)5;1-4-5-6-10-8(9)7(2)3;1-5(2)7(8)10-4-6-3-9-6;1-3-5-6-9-7(8)4-2;1-4-8-6(7)5(2)3;1-3(4(9)10-2)5(6,7)8;2*1-4(2)5(6)7-3;1-3-4(5)6-2/h11-15H,1,5-9H2,2-4H3;11-14H,2,4-9H2,1,3H3;2,4-9H2,1,3H3;2,4-8H2,1,3H3;1,6H2,2-5H3;1H2,2-5H3;2,4-6H2,1,3H3;6H,1,3-4H2,2H3;4H,2-3,5-6H2,1H3;2,4H2,1,3H3;1H2,2H3;2*1H2,2-3H3;3H,1H2,2H3. The largest absolute Gasteiger partial charge is 0.466 e. The number of hydrogen-bond acceptors (Lipinski definition) is 29. The number of hydrogen-bond donors (Lipinski definition) is 0. The van der Waals surface area contributed by atoms with Gasteiger partial charge in [0.1, 0.15) is 35.1 Å². The molecule has 8 bridgehead atoms. The van der Waals surface area contributed by atoms with Gasteiger partial charge in [-0.25, -0.2) is 67.1 Å². The van der Waals surface area contributed by atoms with Gasteiger partial charge in [-0.05, 0) is 267 Å². The molecule has 0 amide bonds. The van der Waals surface area contributed by atoms with Crippen LogP contribution < -0.4 is 0 Å². The Kier molecular flexibility index (Phi) is 84.2. The molecule has 1 unspecified atom stereocenters. The van der Waals surface area contributed by atoms with Crippen molar-refractivity contribution in [1.29, 1.82) is 0 Å². The molecule has 9 rings (SSSR count). The van der Waals surface area contributed by atoms with E-state index in [9.17, 15) is 80.3 Å².